The first-order valence-electron chi connectivity index (χ1n) is 8.27. The molecule has 0 bridgehead atoms. The number of carbonyl (C=O) groups excluding carboxylic acids is 3. The number of amides is 3. The summed E-state index contributed by atoms with van der Waals surface area (Å²) in [6.45, 7) is -0.712. The van der Waals surface area contributed by atoms with Crippen LogP contribution in [0.3, 0.4) is 0 Å². The molecule has 1 aliphatic heterocycles. The second-order valence-electron chi connectivity index (χ2n) is 5.93. The number of carboxylic acid groups (broad SMARTS) is 1. The molecule has 1 heterocycles. The molecule has 26 heavy (non-hydrogen) atoms. The fourth-order valence-corrected chi connectivity index (χ4v) is 3.11. The number of hydrogen-bond acceptors (Lipinski definition) is 7. The average molecular weight is 390 g/mol. The molecule has 0 spiro atoms. The van der Waals surface area contributed by atoms with Crippen LogP contribution in [0.1, 0.15) is 19.3 Å². The number of thioether (sulfide) groups is 1. The summed E-state index contributed by atoms with van der Waals surface area (Å²) in [5.41, 5.74) is 5.48. The minimum Gasteiger partial charge on any atom is -0.480 e. The molecule has 0 aliphatic carbocycles. The maximum atomic E-state index is 12.9. The van der Waals surface area contributed by atoms with Gasteiger partial charge in [0.15, 0.2) is 0 Å². The van der Waals surface area contributed by atoms with Gasteiger partial charge in [-0.2, -0.15) is 11.8 Å². The predicted octanol–water partition coefficient (Wildman–Crippen LogP) is -2.26. The summed E-state index contributed by atoms with van der Waals surface area (Å²) in [7, 11) is 0. The van der Waals surface area contributed by atoms with Gasteiger partial charge in [0.25, 0.3) is 0 Å². The molecule has 0 aromatic rings. The first-order chi connectivity index (χ1) is 12.3. The number of aliphatic hydroxyl groups is 1. The minimum atomic E-state index is -1.17. The summed E-state index contributed by atoms with van der Waals surface area (Å²) < 4.78 is 0. The Balaban J connectivity index is 2.81. The number of nitrogens with zero attached hydrogens (tertiary/aromatic N) is 1. The van der Waals surface area contributed by atoms with Gasteiger partial charge in [-0.15, -0.1) is 0 Å². The molecule has 11 heteroatoms. The van der Waals surface area contributed by atoms with Crippen molar-refractivity contribution < 1.29 is 29.4 Å². The Hall–Kier alpha value is -1.85. The lowest BCUT2D eigenvalue weighted by Crippen LogP contribution is -2.56. The zero-order valence-electron chi connectivity index (χ0n) is 14.6. The number of aliphatic hydroxyl groups excluding tert-OH is 1. The van der Waals surface area contributed by atoms with Gasteiger partial charge in [-0.25, -0.2) is 0 Å². The number of likely N-dealkylation sites (tertiary alicyclic amines) is 1. The number of carboxylic acids is 1. The third kappa shape index (κ3) is 6.46. The number of aliphatic carboxylic acids is 1. The van der Waals surface area contributed by atoms with Crippen molar-refractivity contribution in [3.63, 3.8) is 0 Å². The second-order valence-corrected chi connectivity index (χ2v) is 6.92. The first-order valence-corrected chi connectivity index (χ1v) is 9.67. The Morgan fingerprint density at radius 2 is 2.04 bits per heavy atom. The van der Waals surface area contributed by atoms with Gasteiger partial charge in [0, 0.05) is 6.54 Å². The van der Waals surface area contributed by atoms with Gasteiger partial charge in [0.1, 0.15) is 24.7 Å². The number of nitrogens with one attached hydrogen (secondary N) is 2. The summed E-state index contributed by atoms with van der Waals surface area (Å²) in [6, 6.07) is -2.75. The zero-order chi connectivity index (χ0) is 19.7. The zero-order valence-corrected chi connectivity index (χ0v) is 15.5. The summed E-state index contributed by atoms with van der Waals surface area (Å²) in [4.78, 5) is 48.9. The van der Waals surface area contributed by atoms with E-state index in [1.165, 1.54) is 16.7 Å². The minimum absolute atomic E-state index is 0.349. The molecule has 0 aromatic carbocycles. The number of hydrogen-bond donors (Lipinski definition) is 5. The van der Waals surface area contributed by atoms with Gasteiger partial charge in [0.2, 0.25) is 17.7 Å². The standard InChI is InChI=1S/C15H26N4O6S/c1-26-6-4-10(18-13(23)9(16)8-20)15(25)19-5-2-3-11(19)14(24)17-7-12(21)22/h9-11,20H,2-8,16H2,1H3,(H,17,24)(H,18,23)(H,21,22). The van der Waals surface area contributed by atoms with Crippen molar-refractivity contribution in [1.29, 1.82) is 0 Å². The Morgan fingerprint density at radius 3 is 2.62 bits per heavy atom. The number of carbonyl (C=O) groups is 4. The Labute approximate surface area is 155 Å². The Morgan fingerprint density at radius 1 is 1.35 bits per heavy atom. The monoisotopic (exact) mass is 390 g/mol. The summed E-state index contributed by atoms with van der Waals surface area (Å²) >= 11 is 1.50. The average Bonchev–Trinajstić information content (AvgIpc) is 3.11. The number of nitrogens with two attached hydrogens (primary N) is 1. The van der Waals surface area contributed by atoms with Crippen molar-refractivity contribution in [3.8, 4) is 0 Å². The van der Waals surface area contributed by atoms with E-state index in [1.807, 2.05) is 6.26 Å². The molecule has 3 amide bonds. The topological polar surface area (TPSA) is 162 Å². The summed E-state index contributed by atoms with van der Waals surface area (Å²) in [5.74, 6) is -2.14. The van der Waals surface area contributed by atoms with E-state index in [0.29, 0.717) is 31.6 Å². The second kappa shape index (κ2) is 11.0. The van der Waals surface area contributed by atoms with Crippen LogP contribution in [0.15, 0.2) is 0 Å². The van der Waals surface area contributed by atoms with Crippen LogP contribution in [0.5, 0.6) is 0 Å². The summed E-state index contributed by atoms with van der Waals surface area (Å²) in [5, 5.41) is 22.5. The molecule has 1 aliphatic rings. The fraction of sp³-hybridized carbons (Fsp3) is 0.733. The van der Waals surface area contributed by atoms with Crippen LogP contribution in [-0.2, 0) is 19.2 Å². The smallest absolute Gasteiger partial charge is 0.322 e. The van der Waals surface area contributed by atoms with E-state index in [0.717, 1.165) is 0 Å². The largest absolute Gasteiger partial charge is 0.480 e. The molecule has 1 fully saturated rings. The third-order valence-electron chi connectivity index (χ3n) is 4.01. The molecule has 0 aromatic heterocycles. The summed E-state index contributed by atoms with van der Waals surface area (Å²) in [6.07, 6.45) is 3.25. The van der Waals surface area contributed by atoms with E-state index in [2.05, 4.69) is 10.6 Å². The van der Waals surface area contributed by atoms with Gasteiger partial charge in [-0.05, 0) is 31.3 Å². The SMILES string of the molecule is CSCCC(NC(=O)C(N)CO)C(=O)N1CCCC1C(=O)NCC(=O)O. The first kappa shape index (κ1) is 22.2. The van der Waals surface area contributed by atoms with E-state index in [9.17, 15) is 19.2 Å². The Bertz CT molecular complexity index is 532. The van der Waals surface area contributed by atoms with Gasteiger partial charge < -0.3 is 31.5 Å². The maximum absolute atomic E-state index is 12.9. The van der Waals surface area contributed by atoms with Crippen molar-refractivity contribution in [2.45, 2.75) is 37.4 Å². The molecule has 10 nitrogen and oxygen atoms in total. The fourth-order valence-electron chi connectivity index (χ4n) is 2.64. The molecule has 0 saturated carbocycles. The van der Waals surface area contributed by atoms with Crippen molar-refractivity contribution in [3.05, 3.63) is 0 Å². The molecule has 3 unspecified atom stereocenters. The van der Waals surface area contributed by atoms with Crippen LogP contribution in [0, 0.1) is 0 Å². The molecule has 148 valence electrons. The van der Waals surface area contributed by atoms with Crippen molar-refractivity contribution in [2.75, 3.05) is 31.7 Å². The highest BCUT2D eigenvalue weighted by Gasteiger charge is 2.37. The normalized spacial score (nSPS) is 18.9. The van der Waals surface area contributed by atoms with Crippen molar-refractivity contribution >= 4 is 35.5 Å². The van der Waals surface area contributed by atoms with Crippen LogP contribution >= 0.6 is 11.8 Å². The lowest BCUT2D eigenvalue weighted by Gasteiger charge is -2.29. The van der Waals surface area contributed by atoms with Gasteiger partial charge in [-0.1, -0.05) is 0 Å². The van der Waals surface area contributed by atoms with E-state index in [-0.39, 0.29) is 0 Å². The van der Waals surface area contributed by atoms with E-state index in [4.69, 9.17) is 15.9 Å². The molecule has 1 saturated heterocycles. The van der Waals surface area contributed by atoms with Gasteiger partial charge >= 0.3 is 5.97 Å². The van der Waals surface area contributed by atoms with Crippen LogP contribution < -0.4 is 16.4 Å². The number of rotatable bonds is 10. The third-order valence-corrected chi connectivity index (χ3v) is 4.66. The quantitative estimate of drug-likeness (QED) is 0.279. The lowest BCUT2D eigenvalue weighted by molar-refractivity contribution is -0.143. The highest BCUT2D eigenvalue weighted by Crippen LogP contribution is 2.19. The highest BCUT2D eigenvalue weighted by atomic mass is 32.2. The highest BCUT2D eigenvalue weighted by molar-refractivity contribution is 7.98. The molecular formula is C15H26N4O6S. The van der Waals surface area contributed by atoms with E-state index < -0.39 is 55.0 Å². The Kier molecular flexibility index (Phi) is 9.38. The molecule has 0 radical (unpaired) electrons. The molecule has 6 N–H and O–H groups in total. The van der Waals surface area contributed by atoms with E-state index >= 15 is 0 Å². The molecule has 1 rings (SSSR count). The van der Waals surface area contributed by atoms with E-state index in [1.54, 1.807) is 0 Å². The van der Waals surface area contributed by atoms with Crippen LogP contribution in [0.2, 0.25) is 0 Å². The maximum Gasteiger partial charge on any atom is 0.322 e. The van der Waals surface area contributed by atoms with Crippen molar-refractivity contribution in [2.24, 2.45) is 5.73 Å². The van der Waals surface area contributed by atoms with Crippen LogP contribution in [-0.4, -0.2) is 88.6 Å². The van der Waals surface area contributed by atoms with Crippen LogP contribution in [0.4, 0.5) is 0 Å². The van der Waals surface area contributed by atoms with Crippen molar-refractivity contribution in [1.82, 2.24) is 15.5 Å². The molecule has 3 atom stereocenters. The molecular weight excluding hydrogens is 364 g/mol. The predicted molar refractivity (Wildman–Crippen MR) is 95.4 cm³/mol. The lowest BCUT2D eigenvalue weighted by atomic mass is 10.1. The van der Waals surface area contributed by atoms with Gasteiger partial charge in [0.05, 0.1) is 6.61 Å². The van der Waals surface area contributed by atoms with Gasteiger partial charge in [-0.3, -0.25) is 19.2 Å². The van der Waals surface area contributed by atoms with Crippen LogP contribution in [0.25, 0.3) is 0 Å².